The van der Waals surface area contributed by atoms with E-state index in [2.05, 4.69) is 5.32 Å². The van der Waals surface area contributed by atoms with E-state index in [0.29, 0.717) is 5.69 Å². The molecule has 0 radical (unpaired) electrons. The summed E-state index contributed by atoms with van der Waals surface area (Å²) in [6, 6.07) is 14.9. The van der Waals surface area contributed by atoms with Crippen LogP contribution in [0.2, 0.25) is 0 Å². The molecule has 134 valence electrons. The highest BCUT2D eigenvalue weighted by atomic mass is 32.2. The fraction of sp³-hybridized carbons (Fsp3) is 0.316. The molecule has 1 amide bonds. The maximum atomic E-state index is 12.4. The molecule has 0 bridgehead atoms. The van der Waals surface area contributed by atoms with Gasteiger partial charge < -0.3 is 5.32 Å². The lowest BCUT2D eigenvalue weighted by Crippen LogP contribution is -2.41. The highest BCUT2D eigenvalue weighted by Crippen LogP contribution is 2.24. The van der Waals surface area contributed by atoms with Crippen molar-refractivity contribution in [1.29, 1.82) is 0 Å². The van der Waals surface area contributed by atoms with Crippen LogP contribution in [0, 0.1) is 13.8 Å². The first-order valence-electron chi connectivity index (χ1n) is 8.08. The molecule has 6 heteroatoms. The Morgan fingerprint density at radius 3 is 2.36 bits per heavy atom. The van der Waals surface area contributed by atoms with Gasteiger partial charge in [-0.25, -0.2) is 8.42 Å². The molecule has 0 aliphatic heterocycles. The maximum Gasteiger partial charge on any atom is 0.241 e. The summed E-state index contributed by atoms with van der Waals surface area (Å²) in [5, 5.41) is 2.86. The topological polar surface area (TPSA) is 66.5 Å². The Labute approximate surface area is 149 Å². The molecule has 1 atom stereocenters. The van der Waals surface area contributed by atoms with E-state index >= 15 is 0 Å². The average molecular weight is 360 g/mol. The van der Waals surface area contributed by atoms with Gasteiger partial charge in [0, 0.05) is 0 Å². The number of rotatable bonds is 6. The molecule has 2 aromatic carbocycles. The maximum absolute atomic E-state index is 12.4. The Morgan fingerprint density at radius 1 is 1.12 bits per heavy atom. The summed E-state index contributed by atoms with van der Waals surface area (Å²) in [7, 11) is -3.58. The van der Waals surface area contributed by atoms with Gasteiger partial charge in [-0.05, 0) is 43.5 Å². The van der Waals surface area contributed by atoms with Crippen molar-refractivity contribution in [3.8, 4) is 0 Å². The second-order valence-corrected chi connectivity index (χ2v) is 8.17. The summed E-state index contributed by atoms with van der Waals surface area (Å²) >= 11 is 0. The zero-order chi connectivity index (χ0) is 18.6. The largest absolute Gasteiger partial charge is 0.348 e. The third-order valence-electron chi connectivity index (χ3n) is 4.00. The summed E-state index contributed by atoms with van der Waals surface area (Å²) in [4.78, 5) is 12.4. The third-order valence-corrected chi connectivity index (χ3v) is 5.12. The molecule has 1 unspecified atom stereocenters. The van der Waals surface area contributed by atoms with Crippen LogP contribution in [0.4, 0.5) is 5.69 Å². The Balaban J connectivity index is 2.20. The van der Waals surface area contributed by atoms with E-state index in [1.165, 1.54) is 0 Å². The quantitative estimate of drug-likeness (QED) is 0.861. The molecule has 0 saturated heterocycles. The van der Waals surface area contributed by atoms with E-state index in [1.807, 2.05) is 63.2 Å². The minimum atomic E-state index is -3.58. The molecule has 0 heterocycles. The number of carbonyl (C=O) groups is 1. The highest BCUT2D eigenvalue weighted by molar-refractivity contribution is 7.92. The van der Waals surface area contributed by atoms with E-state index in [1.54, 1.807) is 6.07 Å². The Kier molecular flexibility index (Phi) is 5.85. The van der Waals surface area contributed by atoms with Gasteiger partial charge in [0.2, 0.25) is 15.9 Å². The lowest BCUT2D eigenvalue weighted by atomic mass is 10.1. The van der Waals surface area contributed by atoms with Crippen molar-refractivity contribution < 1.29 is 13.2 Å². The summed E-state index contributed by atoms with van der Waals surface area (Å²) < 4.78 is 25.6. The minimum absolute atomic E-state index is 0.200. The first-order valence-corrected chi connectivity index (χ1v) is 9.92. The Morgan fingerprint density at radius 2 is 1.76 bits per heavy atom. The summed E-state index contributed by atoms with van der Waals surface area (Å²) in [5.74, 6) is -0.345. The molecule has 0 fully saturated rings. The number of amides is 1. The van der Waals surface area contributed by atoms with Gasteiger partial charge in [0.25, 0.3) is 0 Å². The van der Waals surface area contributed by atoms with Crippen molar-refractivity contribution >= 4 is 21.6 Å². The van der Waals surface area contributed by atoms with Gasteiger partial charge in [-0.15, -0.1) is 0 Å². The van der Waals surface area contributed by atoms with Crippen molar-refractivity contribution in [2.75, 3.05) is 17.1 Å². The van der Waals surface area contributed by atoms with Crippen molar-refractivity contribution in [3.05, 3.63) is 65.2 Å². The van der Waals surface area contributed by atoms with Gasteiger partial charge in [-0.1, -0.05) is 42.5 Å². The third kappa shape index (κ3) is 5.06. The van der Waals surface area contributed by atoms with Gasteiger partial charge in [-0.3, -0.25) is 9.10 Å². The number of sulfonamides is 1. The molecule has 5 nitrogen and oxygen atoms in total. The molecule has 0 spiro atoms. The van der Waals surface area contributed by atoms with Crippen LogP contribution < -0.4 is 9.62 Å². The molecular weight excluding hydrogens is 336 g/mol. The molecule has 1 N–H and O–H groups in total. The number of anilines is 1. The van der Waals surface area contributed by atoms with Crippen molar-refractivity contribution in [2.45, 2.75) is 26.8 Å². The first-order chi connectivity index (χ1) is 11.7. The van der Waals surface area contributed by atoms with E-state index in [-0.39, 0.29) is 18.5 Å². The molecule has 2 rings (SSSR count). The number of aryl methyl sites for hydroxylation is 2. The van der Waals surface area contributed by atoms with Crippen LogP contribution in [0.1, 0.15) is 29.7 Å². The minimum Gasteiger partial charge on any atom is -0.348 e. The fourth-order valence-electron chi connectivity index (χ4n) is 2.61. The molecular formula is C19H24N2O3S. The fourth-order valence-corrected chi connectivity index (χ4v) is 3.52. The summed E-state index contributed by atoms with van der Waals surface area (Å²) in [6.45, 7) is 5.34. The number of benzene rings is 2. The molecule has 0 saturated carbocycles. The SMILES string of the molecule is Cc1ccc(C)c(N(CC(=O)NC(C)c2ccccc2)S(C)(=O)=O)c1. The van der Waals surface area contributed by atoms with Crippen molar-refractivity contribution in [3.63, 3.8) is 0 Å². The summed E-state index contributed by atoms with van der Waals surface area (Å²) in [5.41, 5.74) is 3.24. The van der Waals surface area contributed by atoms with Crippen LogP contribution in [-0.2, 0) is 14.8 Å². The average Bonchev–Trinajstić information content (AvgIpc) is 2.55. The van der Waals surface area contributed by atoms with E-state index in [4.69, 9.17) is 0 Å². The number of hydrogen-bond acceptors (Lipinski definition) is 3. The smallest absolute Gasteiger partial charge is 0.241 e. The van der Waals surface area contributed by atoms with Gasteiger partial charge in [-0.2, -0.15) is 0 Å². The lowest BCUT2D eigenvalue weighted by molar-refractivity contribution is -0.120. The van der Waals surface area contributed by atoms with E-state index in [0.717, 1.165) is 27.3 Å². The van der Waals surface area contributed by atoms with Crippen LogP contribution in [-0.4, -0.2) is 27.1 Å². The van der Waals surface area contributed by atoms with Crippen LogP contribution in [0.3, 0.4) is 0 Å². The van der Waals surface area contributed by atoms with Gasteiger partial charge in [0.15, 0.2) is 0 Å². The predicted octanol–water partition coefficient (Wildman–Crippen LogP) is 2.95. The van der Waals surface area contributed by atoms with Crippen molar-refractivity contribution in [2.24, 2.45) is 0 Å². The highest BCUT2D eigenvalue weighted by Gasteiger charge is 2.23. The second kappa shape index (κ2) is 7.70. The van der Waals surface area contributed by atoms with Crippen molar-refractivity contribution in [1.82, 2.24) is 5.32 Å². The molecule has 2 aromatic rings. The van der Waals surface area contributed by atoms with Crippen LogP contribution in [0.5, 0.6) is 0 Å². The predicted molar refractivity (Wildman–Crippen MR) is 101 cm³/mol. The molecule has 0 aliphatic rings. The first kappa shape index (κ1) is 19.0. The van der Waals surface area contributed by atoms with Crippen LogP contribution >= 0.6 is 0 Å². The van der Waals surface area contributed by atoms with Crippen LogP contribution in [0.15, 0.2) is 48.5 Å². The number of nitrogens with zero attached hydrogens (tertiary/aromatic N) is 1. The molecule has 0 aliphatic carbocycles. The lowest BCUT2D eigenvalue weighted by Gasteiger charge is -2.25. The number of hydrogen-bond donors (Lipinski definition) is 1. The molecule has 25 heavy (non-hydrogen) atoms. The second-order valence-electron chi connectivity index (χ2n) is 6.26. The Hall–Kier alpha value is -2.34. The van der Waals surface area contributed by atoms with Crippen LogP contribution in [0.25, 0.3) is 0 Å². The summed E-state index contributed by atoms with van der Waals surface area (Å²) in [6.07, 6.45) is 1.11. The molecule has 0 aromatic heterocycles. The van der Waals surface area contributed by atoms with Gasteiger partial charge in [0.1, 0.15) is 6.54 Å². The van der Waals surface area contributed by atoms with Gasteiger partial charge >= 0.3 is 0 Å². The number of nitrogens with one attached hydrogen (secondary N) is 1. The standard InChI is InChI=1S/C19H24N2O3S/c1-14-10-11-15(2)18(12-14)21(25(4,23)24)13-19(22)20-16(3)17-8-6-5-7-9-17/h5-12,16H,13H2,1-4H3,(H,20,22). The zero-order valence-electron chi connectivity index (χ0n) is 15.0. The number of carbonyl (C=O) groups excluding carboxylic acids is 1. The normalized spacial score (nSPS) is 12.5. The zero-order valence-corrected chi connectivity index (χ0v) is 15.8. The van der Waals surface area contributed by atoms with E-state index < -0.39 is 10.0 Å². The van der Waals surface area contributed by atoms with Gasteiger partial charge in [0.05, 0.1) is 18.0 Å². The monoisotopic (exact) mass is 360 g/mol. The van der Waals surface area contributed by atoms with E-state index in [9.17, 15) is 13.2 Å². The Bertz CT molecular complexity index is 848.